The Bertz CT molecular complexity index is 663. The van der Waals surface area contributed by atoms with Crippen LogP contribution < -0.4 is 10.1 Å². The van der Waals surface area contributed by atoms with Gasteiger partial charge in [-0.1, -0.05) is 24.6 Å². The SMILES string of the molecule is O=C1N[C@@H]2COC[C@H]1CN(Cc1ccccc1OCCCCN1CCCCC1)C2. The van der Waals surface area contributed by atoms with Gasteiger partial charge in [-0.15, -0.1) is 0 Å². The molecule has 1 aromatic rings. The molecule has 1 aromatic carbocycles. The van der Waals surface area contributed by atoms with E-state index in [1.54, 1.807) is 0 Å². The van der Waals surface area contributed by atoms with Crippen molar-refractivity contribution in [2.24, 2.45) is 5.92 Å². The zero-order valence-corrected chi connectivity index (χ0v) is 17.5. The minimum absolute atomic E-state index is 0.0784. The van der Waals surface area contributed by atoms with E-state index in [1.807, 2.05) is 6.07 Å². The Hall–Kier alpha value is -1.63. The van der Waals surface area contributed by atoms with E-state index in [1.165, 1.54) is 50.9 Å². The van der Waals surface area contributed by atoms with E-state index in [0.29, 0.717) is 13.2 Å². The number of unbranched alkanes of at least 4 members (excludes halogenated alkanes) is 1. The number of likely N-dealkylation sites (tertiary alicyclic amines) is 1. The number of hydrogen-bond donors (Lipinski definition) is 1. The van der Waals surface area contributed by atoms with Crippen molar-refractivity contribution in [2.45, 2.75) is 44.7 Å². The normalized spacial score (nSPS) is 26.0. The van der Waals surface area contributed by atoms with Crippen LogP contribution in [0.15, 0.2) is 24.3 Å². The van der Waals surface area contributed by atoms with E-state index in [0.717, 1.165) is 38.4 Å². The van der Waals surface area contributed by atoms with Crippen LogP contribution in [0.1, 0.15) is 37.7 Å². The second-order valence-electron chi connectivity index (χ2n) is 8.70. The van der Waals surface area contributed by atoms with Crippen LogP contribution in [0.25, 0.3) is 0 Å². The molecule has 0 saturated carbocycles. The van der Waals surface area contributed by atoms with E-state index in [4.69, 9.17) is 9.47 Å². The Morgan fingerprint density at radius 2 is 1.90 bits per heavy atom. The van der Waals surface area contributed by atoms with E-state index in [9.17, 15) is 4.79 Å². The summed E-state index contributed by atoms with van der Waals surface area (Å²) >= 11 is 0. The van der Waals surface area contributed by atoms with Crippen molar-refractivity contribution in [1.29, 1.82) is 0 Å². The molecule has 0 radical (unpaired) electrons. The largest absolute Gasteiger partial charge is 0.493 e. The first-order valence-corrected chi connectivity index (χ1v) is 11.3. The van der Waals surface area contributed by atoms with Crippen molar-refractivity contribution in [3.63, 3.8) is 0 Å². The Balaban J connectivity index is 1.26. The number of carbonyl (C=O) groups excluding carboxylic acids is 1. The predicted octanol–water partition coefficient (Wildman–Crippen LogP) is 2.28. The maximum absolute atomic E-state index is 12.2. The fourth-order valence-corrected chi connectivity index (χ4v) is 4.67. The highest BCUT2D eigenvalue weighted by molar-refractivity contribution is 5.79. The van der Waals surface area contributed by atoms with Crippen molar-refractivity contribution in [3.05, 3.63) is 29.8 Å². The number of benzene rings is 1. The summed E-state index contributed by atoms with van der Waals surface area (Å²) in [5.41, 5.74) is 1.21. The fourth-order valence-electron chi connectivity index (χ4n) is 4.67. The van der Waals surface area contributed by atoms with Crippen LogP contribution in [0.2, 0.25) is 0 Å². The van der Waals surface area contributed by atoms with Gasteiger partial charge in [0.1, 0.15) is 5.75 Å². The molecule has 3 saturated heterocycles. The maximum atomic E-state index is 12.2. The zero-order valence-electron chi connectivity index (χ0n) is 17.5. The number of nitrogens with one attached hydrogen (secondary N) is 1. The highest BCUT2D eigenvalue weighted by atomic mass is 16.5. The molecule has 1 N–H and O–H groups in total. The van der Waals surface area contributed by atoms with Crippen molar-refractivity contribution in [2.75, 3.05) is 52.5 Å². The van der Waals surface area contributed by atoms with Crippen LogP contribution >= 0.6 is 0 Å². The van der Waals surface area contributed by atoms with Crippen LogP contribution in [0.5, 0.6) is 5.75 Å². The first-order valence-electron chi connectivity index (χ1n) is 11.3. The summed E-state index contributed by atoms with van der Waals surface area (Å²) in [5.74, 6) is 1.04. The second kappa shape index (κ2) is 10.4. The summed E-state index contributed by atoms with van der Waals surface area (Å²) in [7, 11) is 0. The summed E-state index contributed by atoms with van der Waals surface area (Å²) in [6.45, 7) is 8.01. The molecule has 29 heavy (non-hydrogen) atoms. The van der Waals surface area contributed by atoms with Crippen LogP contribution in [0.4, 0.5) is 0 Å². The Labute approximate surface area is 174 Å². The third-order valence-corrected chi connectivity index (χ3v) is 6.25. The molecule has 4 rings (SSSR count). The lowest BCUT2D eigenvalue weighted by Crippen LogP contribution is -2.41. The van der Waals surface area contributed by atoms with Crippen LogP contribution in [-0.4, -0.2) is 74.3 Å². The van der Waals surface area contributed by atoms with Crippen LogP contribution in [0, 0.1) is 5.92 Å². The summed E-state index contributed by atoms with van der Waals surface area (Å²) in [4.78, 5) is 17.2. The number of piperidine rings is 1. The van der Waals surface area contributed by atoms with Crippen LogP contribution in [-0.2, 0) is 16.1 Å². The number of hydrogen-bond acceptors (Lipinski definition) is 5. The minimum atomic E-state index is -0.0784. The molecule has 6 nitrogen and oxygen atoms in total. The van der Waals surface area contributed by atoms with E-state index >= 15 is 0 Å². The lowest BCUT2D eigenvalue weighted by Gasteiger charge is -2.28. The van der Waals surface area contributed by atoms with Gasteiger partial charge >= 0.3 is 0 Å². The summed E-state index contributed by atoms with van der Waals surface area (Å²) in [5, 5.41) is 3.11. The molecule has 0 aromatic heterocycles. The van der Waals surface area contributed by atoms with Crippen molar-refractivity contribution in [3.8, 4) is 5.75 Å². The molecule has 3 heterocycles. The number of amides is 1. The second-order valence-corrected chi connectivity index (χ2v) is 8.70. The Morgan fingerprint density at radius 1 is 1.03 bits per heavy atom. The van der Waals surface area contributed by atoms with Crippen molar-refractivity contribution < 1.29 is 14.3 Å². The van der Waals surface area contributed by atoms with Crippen molar-refractivity contribution >= 4 is 5.91 Å². The fraction of sp³-hybridized carbons (Fsp3) is 0.696. The summed E-state index contributed by atoms with van der Waals surface area (Å²) in [6.07, 6.45) is 6.40. The highest BCUT2D eigenvalue weighted by Crippen LogP contribution is 2.23. The summed E-state index contributed by atoms with van der Waals surface area (Å²) in [6, 6.07) is 8.42. The van der Waals surface area contributed by atoms with Gasteiger partial charge < -0.3 is 19.7 Å². The molecular formula is C23H35N3O3. The van der Waals surface area contributed by atoms with E-state index in [2.05, 4.69) is 33.3 Å². The van der Waals surface area contributed by atoms with Crippen LogP contribution in [0.3, 0.4) is 0 Å². The molecular weight excluding hydrogens is 366 g/mol. The number of rotatable bonds is 8. The molecule has 3 aliphatic rings. The molecule has 0 unspecified atom stereocenters. The summed E-state index contributed by atoms with van der Waals surface area (Å²) < 4.78 is 11.8. The lowest BCUT2D eigenvalue weighted by molar-refractivity contribution is -0.125. The van der Waals surface area contributed by atoms with Gasteiger partial charge in [0, 0.05) is 25.2 Å². The highest BCUT2D eigenvalue weighted by Gasteiger charge is 2.33. The molecule has 2 atom stereocenters. The first kappa shape index (κ1) is 20.6. The molecule has 160 valence electrons. The quantitative estimate of drug-likeness (QED) is 0.678. The van der Waals surface area contributed by atoms with Gasteiger partial charge in [0.25, 0.3) is 0 Å². The van der Waals surface area contributed by atoms with Gasteiger partial charge in [0.05, 0.1) is 31.8 Å². The number of ether oxygens (including phenoxy) is 2. The maximum Gasteiger partial charge on any atom is 0.227 e. The molecule has 1 amide bonds. The number of carbonyl (C=O) groups is 1. The average molecular weight is 402 g/mol. The minimum Gasteiger partial charge on any atom is -0.493 e. The monoisotopic (exact) mass is 401 g/mol. The first-order chi connectivity index (χ1) is 14.3. The third kappa shape index (κ3) is 5.93. The Kier molecular flexibility index (Phi) is 7.41. The molecule has 2 bridgehead atoms. The van der Waals surface area contributed by atoms with Gasteiger partial charge in [-0.2, -0.15) is 0 Å². The van der Waals surface area contributed by atoms with E-state index in [-0.39, 0.29) is 17.9 Å². The van der Waals surface area contributed by atoms with Gasteiger partial charge in [0.15, 0.2) is 0 Å². The zero-order chi connectivity index (χ0) is 19.9. The van der Waals surface area contributed by atoms with Crippen molar-refractivity contribution in [1.82, 2.24) is 15.1 Å². The molecule has 3 aliphatic heterocycles. The van der Waals surface area contributed by atoms with E-state index < -0.39 is 0 Å². The van der Waals surface area contributed by atoms with Gasteiger partial charge in [-0.3, -0.25) is 9.69 Å². The lowest BCUT2D eigenvalue weighted by atomic mass is 10.1. The number of nitrogens with zero attached hydrogens (tertiary/aromatic N) is 2. The Morgan fingerprint density at radius 3 is 2.79 bits per heavy atom. The molecule has 0 aliphatic carbocycles. The third-order valence-electron chi connectivity index (χ3n) is 6.25. The van der Waals surface area contributed by atoms with Gasteiger partial charge in [-0.05, 0) is 51.4 Å². The predicted molar refractivity (Wildman–Crippen MR) is 113 cm³/mol. The number of fused-ring (bicyclic) bond motifs is 3. The average Bonchev–Trinajstić information content (AvgIpc) is 2.98. The molecule has 3 fully saturated rings. The van der Waals surface area contributed by atoms with Gasteiger partial charge in [0.2, 0.25) is 5.91 Å². The topological polar surface area (TPSA) is 54.0 Å². The molecule has 0 spiro atoms. The number of para-hydroxylation sites is 1. The molecule has 6 heteroatoms. The standard InChI is InChI=1S/C23H35N3O3/c27-23-20-15-26(16-21(24-23)18-28-17-20)14-19-8-2-3-9-22(19)29-13-7-6-12-25-10-4-1-5-11-25/h2-3,8-9,20-21H,1,4-7,10-18H2,(H,24,27)/t20-,21+/m1/s1. The smallest absolute Gasteiger partial charge is 0.227 e. The van der Waals surface area contributed by atoms with Gasteiger partial charge in [-0.25, -0.2) is 0 Å².